The summed E-state index contributed by atoms with van der Waals surface area (Å²) in [6, 6.07) is 0. The Kier molecular flexibility index (Phi) is 3.21. The average molecular weight is 341 g/mol. The Morgan fingerprint density at radius 2 is 2.08 bits per heavy atom. The molecule has 4 fully saturated rings. The largest absolute Gasteiger partial charge is 0.457 e. The van der Waals surface area contributed by atoms with Gasteiger partial charge in [-0.2, -0.15) is 0 Å². The smallest absolute Gasteiger partial charge is 0.303 e. The quantitative estimate of drug-likeness (QED) is 0.518. The molecule has 7 unspecified atom stereocenters. The minimum atomic E-state index is -0.141. The number of carbonyl (C=O) groups is 1. The number of rotatable bonds is 1. The summed E-state index contributed by atoms with van der Waals surface area (Å²) in [7, 11) is 0. The maximum absolute atomic E-state index is 11.9. The first-order valence-electron chi connectivity index (χ1n) is 10.3. The first-order valence-corrected chi connectivity index (χ1v) is 10.3. The molecule has 0 N–H and O–H groups in total. The molecule has 3 heteroatoms. The van der Waals surface area contributed by atoms with Crippen LogP contribution >= 0.6 is 0 Å². The van der Waals surface area contributed by atoms with Crippen molar-refractivity contribution in [1.29, 1.82) is 0 Å². The Morgan fingerprint density at radius 3 is 2.88 bits per heavy atom. The molecule has 4 aliphatic carbocycles. The number of hydrogen-bond donors (Lipinski definition) is 0. The summed E-state index contributed by atoms with van der Waals surface area (Å²) in [5.74, 6) is 1.80. The fourth-order valence-corrected chi connectivity index (χ4v) is 8.22. The Hall–Kier alpha value is -1.12. The van der Waals surface area contributed by atoms with Crippen LogP contribution in [0.15, 0.2) is 17.1 Å². The second kappa shape index (κ2) is 4.98. The van der Waals surface area contributed by atoms with Gasteiger partial charge in [0, 0.05) is 30.5 Å². The zero-order chi connectivity index (χ0) is 17.4. The molecular weight excluding hydrogens is 310 g/mol. The van der Waals surface area contributed by atoms with Crippen LogP contribution in [0.5, 0.6) is 0 Å². The third kappa shape index (κ3) is 1.88. The van der Waals surface area contributed by atoms with Crippen molar-refractivity contribution in [2.75, 3.05) is 6.54 Å². The van der Waals surface area contributed by atoms with E-state index in [2.05, 4.69) is 19.7 Å². The van der Waals surface area contributed by atoms with E-state index in [4.69, 9.17) is 9.73 Å². The summed E-state index contributed by atoms with van der Waals surface area (Å²) in [6.45, 7) is 9.47. The number of nitrogens with zero attached hydrogens (tertiary/aromatic N) is 1. The van der Waals surface area contributed by atoms with E-state index in [9.17, 15) is 4.79 Å². The van der Waals surface area contributed by atoms with Crippen molar-refractivity contribution in [2.24, 2.45) is 39.0 Å². The summed E-state index contributed by atoms with van der Waals surface area (Å²) in [6.07, 6.45) is 12.4. The van der Waals surface area contributed by atoms with E-state index in [1.807, 2.05) is 0 Å². The van der Waals surface area contributed by atoms with Crippen molar-refractivity contribution in [3.05, 3.63) is 12.2 Å². The van der Waals surface area contributed by atoms with Crippen LogP contribution in [0.25, 0.3) is 0 Å². The maximum Gasteiger partial charge on any atom is 0.303 e. The van der Waals surface area contributed by atoms with Crippen LogP contribution in [0.3, 0.4) is 0 Å². The number of esters is 1. The highest BCUT2D eigenvalue weighted by molar-refractivity contribution is 5.70. The Balaban J connectivity index is 1.62. The maximum atomic E-state index is 11.9. The van der Waals surface area contributed by atoms with Crippen molar-refractivity contribution in [1.82, 2.24) is 0 Å². The van der Waals surface area contributed by atoms with Crippen LogP contribution in [0.4, 0.5) is 0 Å². The van der Waals surface area contributed by atoms with Gasteiger partial charge in [0.25, 0.3) is 0 Å². The predicted octanol–water partition coefficient (Wildman–Crippen LogP) is 4.56. The standard InChI is InChI=1S/C22H31NO2/c1-14-16-5-6-18-21(11-16,19(14)25-15(2)24)10-7-17-20(3)8-4-9-22(17,18)13-23-12-20/h13,16-19H,1,4-12H2,2-3H3. The Labute approximate surface area is 151 Å². The number of aliphatic imine (C=N–C) groups is 1. The third-order valence-corrected chi connectivity index (χ3v) is 8.97. The number of carbonyl (C=O) groups excluding carboxylic acids is 1. The van der Waals surface area contributed by atoms with Crippen molar-refractivity contribution in [3.8, 4) is 0 Å². The van der Waals surface area contributed by atoms with Crippen molar-refractivity contribution >= 4 is 12.2 Å². The van der Waals surface area contributed by atoms with Gasteiger partial charge in [0.1, 0.15) is 6.10 Å². The van der Waals surface area contributed by atoms with Crippen molar-refractivity contribution < 1.29 is 9.53 Å². The SMILES string of the molecule is C=C1C2CCC3C45C=NCC(C)(CCC4)C5CCC3(C2)C1OC(C)=O. The van der Waals surface area contributed by atoms with Gasteiger partial charge >= 0.3 is 5.97 Å². The van der Waals surface area contributed by atoms with Gasteiger partial charge in [-0.1, -0.05) is 19.9 Å². The van der Waals surface area contributed by atoms with Crippen LogP contribution < -0.4 is 0 Å². The van der Waals surface area contributed by atoms with Crippen LogP contribution in [0.2, 0.25) is 0 Å². The van der Waals surface area contributed by atoms with Gasteiger partial charge < -0.3 is 4.74 Å². The van der Waals surface area contributed by atoms with Crippen molar-refractivity contribution in [3.63, 3.8) is 0 Å². The highest BCUT2D eigenvalue weighted by Gasteiger charge is 2.69. The number of ether oxygens (including phenoxy) is 1. The molecule has 1 aliphatic heterocycles. The lowest BCUT2D eigenvalue weighted by atomic mass is 9.39. The summed E-state index contributed by atoms with van der Waals surface area (Å²) >= 11 is 0. The van der Waals surface area contributed by atoms with Crippen LogP contribution in [-0.4, -0.2) is 24.8 Å². The highest BCUT2D eigenvalue weighted by atomic mass is 16.5. The van der Waals surface area contributed by atoms with E-state index >= 15 is 0 Å². The van der Waals surface area contributed by atoms with E-state index in [0.29, 0.717) is 17.3 Å². The minimum absolute atomic E-state index is 0.0543. The molecule has 7 atom stereocenters. The van der Waals surface area contributed by atoms with Gasteiger partial charge in [-0.3, -0.25) is 9.79 Å². The Morgan fingerprint density at radius 1 is 1.24 bits per heavy atom. The van der Waals surface area contributed by atoms with Gasteiger partial charge in [0.2, 0.25) is 0 Å². The number of hydrogen-bond acceptors (Lipinski definition) is 3. The second-order valence-corrected chi connectivity index (χ2v) is 10.0. The zero-order valence-corrected chi connectivity index (χ0v) is 15.7. The normalized spacial score (nSPS) is 53.1. The molecule has 0 aromatic rings. The van der Waals surface area contributed by atoms with Crippen LogP contribution in [0, 0.1) is 34.0 Å². The van der Waals surface area contributed by atoms with E-state index < -0.39 is 0 Å². The van der Waals surface area contributed by atoms with E-state index in [-0.39, 0.29) is 22.9 Å². The first-order chi connectivity index (χ1) is 11.9. The molecule has 5 rings (SSSR count). The minimum Gasteiger partial charge on any atom is -0.457 e. The lowest BCUT2D eigenvalue weighted by Gasteiger charge is -2.65. The van der Waals surface area contributed by atoms with E-state index in [1.54, 1.807) is 6.92 Å². The summed E-state index contributed by atoms with van der Waals surface area (Å²) in [5.41, 5.74) is 1.97. The molecule has 3 nitrogen and oxygen atoms in total. The van der Waals surface area contributed by atoms with Crippen molar-refractivity contribution in [2.45, 2.75) is 71.3 Å². The molecule has 4 bridgehead atoms. The summed E-state index contributed by atoms with van der Waals surface area (Å²) in [5, 5.41) is 0. The Bertz CT molecular complexity index is 669. The molecule has 136 valence electrons. The van der Waals surface area contributed by atoms with Gasteiger partial charge in [-0.05, 0) is 73.7 Å². The molecule has 5 aliphatic rings. The van der Waals surface area contributed by atoms with Gasteiger partial charge in [0.15, 0.2) is 0 Å². The molecule has 25 heavy (non-hydrogen) atoms. The fourth-order valence-electron chi connectivity index (χ4n) is 8.22. The number of fused-ring (bicyclic) bond motifs is 1. The molecule has 0 amide bonds. The molecular formula is C22H31NO2. The third-order valence-electron chi connectivity index (χ3n) is 8.97. The van der Waals surface area contributed by atoms with Crippen LogP contribution in [-0.2, 0) is 9.53 Å². The average Bonchev–Trinajstić information content (AvgIpc) is 2.74. The summed E-state index contributed by atoms with van der Waals surface area (Å²) in [4.78, 5) is 16.8. The van der Waals surface area contributed by atoms with Gasteiger partial charge in [-0.15, -0.1) is 0 Å². The molecule has 0 aromatic heterocycles. The van der Waals surface area contributed by atoms with Gasteiger partial charge in [0.05, 0.1) is 0 Å². The second-order valence-electron chi connectivity index (χ2n) is 10.0. The molecule has 0 aromatic carbocycles. The molecule has 0 radical (unpaired) electrons. The fraction of sp³-hybridized carbons (Fsp3) is 0.818. The lowest BCUT2D eigenvalue weighted by Crippen LogP contribution is -2.62. The topological polar surface area (TPSA) is 38.7 Å². The predicted molar refractivity (Wildman–Crippen MR) is 98.4 cm³/mol. The monoisotopic (exact) mass is 341 g/mol. The van der Waals surface area contributed by atoms with E-state index in [0.717, 1.165) is 12.5 Å². The van der Waals surface area contributed by atoms with Gasteiger partial charge in [-0.25, -0.2) is 0 Å². The molecule has 0 saturated heterocycles. The zero-order valence-electron chi connectivity index (χ0n) is 15.7. The van der Waals surface area contributed by atoms with E-state index in [1.165, 1.54) is 56.9 Å². The molecule has 1 spiro atoms. The molecule has 1 heterocycles. The first kappa shape index (κ1) is 16.1. The molecule has 4 saturated carbocycles. The summed E-state index contributed by atoms with van der Waals surface area (Å²) < 4.78 is 5.95. The van der Waals surface area contributed by atoms with Crippen LogP contribution in [0.1, 0.15) is 65.2 Å². The lowest BCUT2D eigenvalue weighted by molar-refractivity contribution is -0.172. The highest BCUT2D eigenvalue weighted by Crippen LogP contribution is 2.72.